The lowest BCUT2D eigenvalue weighted by Gasteiger charge is -2.16. The Morgan fingerprint density at radius 3 is 2.71 bits per heavy atom. The second-order valence-corrected chi connectivity index (χ2v) is 10.6. The molecule has 4 rings (SSSR count). The SMILES string of the molecule is C[C@@H](OC(=O)c1cc2c(s1)-c1ccccc1CC2)C(=O)N[C@H]1CCS(=O)(=O)C1. The maximum Gasteiger partial charge on any atom is 0.349 e. The molecule has 148 valence electrons. The molecule has 8 heteroatoms. The average Bonchev–Trinajstić information content (AvgIpc) is 3.24. The molecule has 1 amide bonds. The van der Waals surface area contributed by atoms with Crippen LogP contribution in [-0.2, 0) is 32.2 Å². The standard InChI is InChI=1S/C20H21NO5S2/c1-12(19(22)21-15-8-9-28(24,25)11-15)26-20(23)17-10-14-7-6-13-4-2-3-5-16(13)18(14)27-17/h2-5,10,12,15H,6-9,11H2,1H3,(H,21,22)/t12-,15+/m1/s1. The summed E-state index contributed by atoms with van der Waals surface area (Å²) < 4.78 is 28.3. The van der Waals surface area contributed by atoms with Gasteiger partial charge in [-0.3, -0.25) is 4.79 Å². The zero-order valence-corrected chi connectivity index (χ0v) is 17.1. The Hall–Kier alpha value is -2.19. The molecular formula is C20H21NO5S2. The van der Waals surface area contributed by atoms with Crippen LogP contribution >= 0.6 is 11.3 Å². The molecule has 1 fully saturated rings. The maximum absolute atomic E-state index is 12.5. The molecule has 1 aromatic carbocycles. The van der Waals surface area contributed by atoms with Crippen LogP contribution < -0.4 is 5.32 Å². The summed E-state index contributed by atoms with van der Waals surface area (Å²) in [5.41, 5.74) is 3.56. The number of sulfone groups is 1. The van der Waals surface area contributed by atoms with Gasteiger partial charge in [-0.25, -0.2) is 13.2 Å². The molecule has 0 unspecified atom stereocenters. The molecule has 28 heavy (non-hydrogen) atoms. The van der Waals surface area contributed by atoms with Gasteiger partial charge < -0.3 is 10.1 Å². The predicted molar refractivity (Wildman–Crippen MR) is 107 cm³/mol. The highest BCUT2D eigenvalue weighted by Crippen LogP contribution is 2.39. The van der Waals surface area contributed by atoms with Crippen LogP contribution in [0.4, 0.5) is 0 Å². The number of benzene rings is 1. The van der Waals surface area contributed by atoms with Crippen LogP contribution in [-0.4, -0.2) is 43.9 Å². The molecule has 0 spiro atoms. The first-order valence-electron chi connectivity index (χ1n) is 9.25. The van der Waals surface area contributed by atoms with Gasteiger partial charge in [-0.2, -0.15) is 0 Å². The summed E-state index contributed by atoms with van der Waals surface area (Å²) in [5.74, 6) is -0.981. The molecule has 2 aliphatic rings. The Labute approximate surface area is 167 Å². The molecule has 2 aromatic rings. The normalized spacial score (nSPS) is 20.7. The highest BCUT2D eigenvalue weighted by Gasteiger charge is 2.31. The smallest absolute Gasteiger partial charge is 0.349 e. The summed E-state index contributed by atoms with van der Waals surface area (Å²) in [5, 5.41) is 2.66. The molecule has 1 aliphatic carbocycles. The first-order chi connectivity index (χ1) is 13.3. The van der Waals surface area contributed by atoms with Gasteiger partial charge in [0, 0.05) is 10.9 Å². The van der Waals surface area contributed by atoms with Crippen molar-refractivity contribution in [2.45, 2.75) is 38.3 Å². The summed E-state index contributed by atoms with van der Waals surface area (Å²) in [6.07, 6.45) is 1.23. The molecule has 2 atom stereocenters. The molecule has 0 bridgehead atoms. The molecule has 1 saturated heterocycles. The van der Waals surface area contributed by atoms with Gasteiger partial charge in [-0.05, 0) is 48.9 Å². The van der Waals surface area contributed by atoms with E-state index in [1.165, 1.54) is 23.8 Å². The van der Waals surface area contributed by atoms with Crippen LogP contribution in [0.15, 0.2) is 30.3 Å². The van der Waals surface area contributed by atoms with Gasteiger partial charge >= 0.3 is 5.97 Å². The molecule has 0 saturated carbocycles. The second-order valence-electron chi connectivity index (χ2n) is 7.28. The Kier molecular flexibility index (Phi) is 5.01. The largest absolute Gasteiger partial charge is 0.448 e. The number of carbonyl (C=O) groups is 2. The first kappa shape index (κ1) is 19.1. The van der Waals surface area contributed by atoms with Gasteiger partial charge in [0.05, 0.1) is 11.5 Å². The van der Waals surface area contributed by atoms with Crippen molar-refractivity contribution < 1.29 is 22.7 Å². The van der Waals surface area contributed by atoms with Crippen molar-refractivity contribution in [3.8, 4) is 10.4 Å². The number of aryl methyl sites for hydroxylation is 2. The molecule has 1 aliphatic heterocycles. The monoisotopic (exact) mass is 419 g/mol. The van der Waals surface area contributed by atoms with E-state index in [2.05, 4.69) is 17.4 Å². The van der Waals surface area contributed by atoms with Gasteiger partial charge in [0.2, 0.25) is 0 Å². The van der Waals surface area contributed by atoms with E-state index in [4.69, 9.17) is 4.74 Å². The quantitative estimate of drug-likeness (QED) is 0.769. The van der Waals surface area contributed by atoms with Crippen molar-refractivity contribution in [3.05, 3.63) is 46.3 Å². The highest BCUT2D eigenvalue weighted by atomic mass is 32.2. The van der Waals surface area contributed by atoms with Crippen LogP contribution in [0.25, 0.3) is 10.4 Å². The predicted octanol–water partition coefficient (Wildman–Crippen LogP) is 2.36. The average molecular weight is 420 g/mol. The van der Waals surface area contributed by atoms with E-state index in [-0.39, 0.29) is 11.5 Å². The fourth-order valence-corrected chi connectivity index (χ4v) is 6.50. The molecule has 6 nitrogen and oxygen atoms in total. The van der Waals surface area contributed by atoms with E-state index in [0.29, 0.717) is 11.3 Å². The first-order valence-corrected chi connectivity index (χ1v) is 11.9. The number of ether oxygens (including phenoxy) is 1. The molecule has 1 N–H and O–H groups in total. The van der Waals surface area contributed by atoms with E-state index < -0.39 is 33.9 Å². The van der Waals surface area contributed by atoms with E-state index >= 15 is 0 Å². The van der Waals surface area contributed by atoms with E-state index in [1.807, 2.05) is 18.2 Å². The van der Waals surface area contributed by atoms with Crippen LogP contribution in [0.2, 0.25) is 0 Å². The fourth-order valence-electron chi connectivity index (χ4n) is 3.67. The van der Waals surface area contributed by atoms with E-state index in [1.54, 1.807) is 0 Å². The lowest BCUT2D eigenvalue weighted by atomic mass is 9.91. The lowest BCUT2D eigenvalue weighted by molar-refractivity contribution is -0.129. The summed E-state index contributed by atoms with van der Waals surface area (Å²) in [6, 6.07) is 9.61. The zero-order chi connectivity index (χ0) is 19.9. The van der Waals surface area contributed by atoms with Gasteiger partial charge in [0.15, 0.2) is 15.9 Å². The summed E-state index contributed by atoms with van der Waals surface area (Å²) in [4.78, 5) is 26.4. The number of rotatable bonds is 4. The van der Waals surface area contributed by atoms with Crippen LogP contribution in [0.3, 0.4) is 0 Å². The molecule has 0 radical (unpaired) electrons. The highest BCUT2D eigenvalue weighted by molar-refractivity contribution is 7.91. The van der Waals surface area contributed by atoms with Crippen molar-refractivity contribution in [2.75, 3.05) is 11.5 Å². The van der Waals surface area contributed by atoms with Crippen molar-refractivity contribution >= 4 is 33.1 Å². The van der Waals surface area contributed by atoms with Crippen molar-refractivity contribution in [1.29, 1.82) is 0 Å². The number of esters is 1. The third-order valence-electron chi connectivity index (χ3n) is 5.17. The van der Waals surface area contributed by atoms with Crippen LogP contribution in [0.5, 0.6) is 0 Å². The minimum absolute atomic E-state index is 0.0591. The Morgan fingerprint density at radius 2 is 1.96 bits per heavy atom. The van der Waals surface area contributed by atoms with E-state index in [9.17, 15) is 18.0 Å². The number of thiophene rings is 1. The Bertz CT molecular complexity index is 1040. The minimum Gasteiger partial charge on any atom is -0.448 e. The van der Waals surface area contributed by atoms with Gasteiger partial charge in [0.25, 0.3) is 5.91 Å². The van der Waals surface area contributed by atoms with Gasteiger partial charge in [-0.15, -0.1) is 11.3 Å². The number of fused-ring (bicyclic) bond motifs is 3. The second kappa shape index (κ2) is 7.33. The molecular weight excluding hydrogens is 398 g/mol. The third-order valence-corrected chi connectivity index (χ3v) is 8.13. The molecule has 2 heterocycles. The summed E-state index contributed by atoms with van der Waals surface area (Å²) in [7, 11) is -3.08. The third kappa shape index (κ3) is 3.84. The Morgan fingerprint density at radius 1 is 1.21 bits per heavy atom. The number of amides is 1. The van der Waals surface area contributed by atoms with Gasteiger partial charge in [0.1, 0.15) is 4.88 Å². The summed E-state index contributed by atoms with van der Waals surface area (Å²) in [6.45, 7) is 1.50. The maximum atomic E-state index is 12.5. The fraction of sp³-hybridized carbons (Fsp3) is 0.400. The number of hydrogen-bond donors (Lipinski definition) is 1. The van der Waals surface area contributed by atoms with Crippen LogP contribution in [0.1, 0.15) is 34.1 Å². The Balaban J connectivity index is 1.42. The topological polar surface area (TPSA) is 89.5 Å². The van der Waals surface area contributed by atoms with Crippen LogP contribution in [0, 0.1) is 0 Å². The number of nitrogens with one attached hydrogen (secondary N) is 1. The summed E-state index contributed by atoms with van der Waals surface area (Å²) >= 11 is 1.39. The number of carbonyl (C=O) groups excluding carboxylic acids is 2. The lowest BCUT2D eigenvalue weighted by Crippen LogP contribution is -2.42. The minimum atomic E-state index is -3.08. The van der Waals surface area contributed by atoms with Crippen molar-refractivity contribution in [1.82, 2.24) is 5.32 Å². The van der Waals surface area contributed by atoms with Crippen molar-refractivity contribution in [2.24, 2.45) is 0 Å². The molecule has 1 aromatic heterocycles. The number of hydrogen-bond acceptors (Lipinski definition) is 6. The zero-order valence-electron chi connectivity index (χ0n) is 15.4. The van der Waals surface area contributed by atoms with E-state index in [0.717, 1.165) is 28.8 Å². The van der Waals surface area contributed by atoms with Gasteiger partial charge in [-0.1, -0.05) is 24.3 Å². The van der Waals surface area contributed by atoms with Crippen molar-refractivity contribution in [3.63, 3.8) is 0 Å².